The summed E-state index contributed by atoms with van der Waals surface area (Å²) < 4.78 is 36.7. The van der Waals surface area contributed by atoms with Gasteiger partial charge in [0.2, 0.25) is 0 Å². The molecule has 138 valence electrons. The molecule has 0 bridgehead atoms. The molecule has 0 saturated carbocycles. The van der Waals surface area contributed by atoms with Crippen LogP contribution in [0.2, 0.25) is 0 Å². The van der Waals surface area contributed by atoms with Gasteiger partial charge in [0.1, 0.15) is 17.3 Å². The third-order valence-corrected chi connectivity index (χ3v) is 3.25. The number of hydrogen-bond acceptors (Lipinski definition) is 5. The van der Waals surface area contributed by atoms with E-state index in [-0.39, 0.29) is 18.7 Å². The zero-order chi connectivity index (χ0) is 19.1. The molecule has 1 aromatic heterocycles. The number of rotatable bonds is 7. The number of furan rings is 1. The number of para-hydroxylation sites is 1. The molecule has 0 radical (unpaired) electrons. The Morgan fingerprint density at radius 3 is 2.46 bits per heavy atom. The Morgan fingerprint density at radius 2 is 1.85 bits per heavy atom. The highest BCUT2D eigenvalue weighted by atomic mass is 19.1. The Morgan fingerprint density at radius 1 is 1.15 bits per heavy atom. The Bertz CT molecular complexity index is 772. The summed E-state index contributed by atoms with van der Waals surface area (Å²) in [7, 11) is 0. The average molecular weight is 366 g/mol. The number of halogens is 2. The van der Waals surface area contributed by atoms with Crippen LogP contribution < -0.4 is 10.6 Å². The van der Waals surface area contributed by atoms with E-state index in [0.717, 1.165) is 18.2 Å². The predicted molar refractivity (Wildman–Crippen MR) is 86.2 cm³/mol. The van der Waals surface area contributed by atoms with Gasteiger partial charge in [-0.05, 0) is 31.2 Å². The quantitative estimate of drug-likeness (QED) is 0.733. The van der Waals surface area contributed by atoms with Crippen molar-refractivity contribution in [1.29, 1.82) is 0 Å². The summed E-state index contributed by atoms with van der Waals surface area (Å²) in [5.74, 6) is -3.94. The van der Waals surface area contributed by atoms with E-state index in [1.54, 1.807) is 6.07 Å². The zero-order valence-electron chi connectivity index (χ0n) is 13.8. The molecule has 2 aromatic rings. The van der Waals surface area contributed by atoms with Crippen LogP contribution in [0.1, 0.15) is 23.9 Å². The first-order valence-corrected chi connectivity index (χ1v) is 7.64. The van der Waals surface area contributed by atoms with Crippen LogP contribution in [0.5, 0.6) is 0 Å². The maximum Gasteiger partial charge on any atom is 0.308 e. The van der Waals surface area contributed by atoms with Crippen molar-refractivity contribution in [3.63, 3.8) is 0 Å². The number of carbonyl (C=O) groups excluding carboxylic acids is 3. The molecule has 2 rings (SSSR count). The van der Waals surface area contributed by atoms with Crippen molar-refractivity contribution >= 4 is 23.5 Å². The molecule has 1 aromatic carbocycles. The van der Waals surface area contributed by atoms with Gasteiger partial charge in [0.15, 0.2) is 11.9 Å². The Balaban J connectivity index is 1.77. The van der Waals surface area contributed by atoms with Crippen LogP contribution in [-0.4, -0.2) is 30.4 Å². The standard InChI is InChI=1S/C17H16F2N2O5/c1-10(16(23)21-15-11(18)4-2-5-12(15)19)26-14(22)7-8-20-17(24)13-6-3-9-25-13/h2-6,9-10H,7-8H2,1H3,(H,20,24)(H,21,23). The van der Waals surface area contributed by atoms with E-state index in [9.17, 15) is 23.2 Å². The van der Waals surface area contributed by atoms with Gasteiger partial charge in [-0.15, -0.1) is 0 Å². The fourth-order valence-corrected chi connectivity index (χ4v) is 1.92. The smallest absolute Gasteiger partial charge is 0.308 e. The van der Waals surface area contributed by atoms with Gasteiger partial charge in [-0.2, -0.15) is 0 Å². The van der Waals surface area contributed by atoms with Crippen LogP contribution in [0.4, 0.5) is 14.5 Å². The second-order valence-electron chi connectivity index (χ2n) is 5.20. The predicted octanol–water partition coefficient (Wildman–Crippen LogP) is 2.25. The van der Waals surface area contributed by atoms with Gasteiger partial charge in [-0.3, -0.25) is 14.4 Å². The second kappa shape index (κ2) is 8.75. The molecule has 26 heavy (non-hydrogen) atoms. The van der Waals surface area contributed by atoms with E-state index >= 15 is 0 Å². The van der Waals surface area contributed by atoms with Crippen LogP contribution in [-0.2, 0) is 14.3 Å². The van der Waals surface area contributed by atoms with Crippen molar-refractivity contribution in [3.8, 4) is 0 Å². The van der Waals surface area contributed by atoms with E-state index in [1.807, 2.05) is 5.32 Å². The maximum absolute atomic E-state index is 13.5. The van der Waals surface area contributed by atoms with Gasteiger partial charge < -0.3 is 19.8 Å². The van der Waals surface area contributed by atoms with Gasteiger partial charge in [0.05, 0.1) is 12.7 Å². The molecule has 0 aliphatic rings. The Kier molecular flexibility index (Phi) is 6.42. The van der Waals surface area contributed by atoms with Gasteiger partial charge in [-0.1, -0.05) is 6.07 Å². The van der Waals surface area contributed by atoms with Gasteiger partial charge in [0.25, 0.3) is 11.8 Å². The SMILES string of the molecule is CC(OC(=O)CCNC(=O)c1ccco1)C(=O)Nc1c(F)cccc1F. The van der Waals surface area contributed by atoms with Gasteiger partial charge >= 0.3 is 5.97 Å². The van der Waals surface area contributed by atoms with Crippen molar-refractivity contribution in [1.82, 2.24) is 5.32 Å². The van der Waals surface area contributed by atoms with Crippen molar-refractivity contribution in [2.24, 2.45) is 0 Å². The summed E-state index contributed by atoms with van der Waals surface area (Å²) in [5.41, 5.74) is -0.619. The van der Waals surface area contributed by atoms with E-state index < -0.39 is 41.2 Å². The Hall–Kier alpha value is -3.23. The molecule has 1 heterocycles. The lowest BCUT2D eigenvalue weighted by Gasteiger charge is -2.14. The molecule has 2 N–H and O–H groups in total. The fourth-order valence-electron chi connectivity index (χ4n) is 1.92. The lowest BCUT2D eigenvalue weighted by molar-refractivity contribution is -0.153. The zero-order valence-corrected chi connectivity index (χ0v) is 13.8. The first-order valence-electron chi connectivity index (χ1n) is 7.64. The van der Waals surface area contributed by atoms with Crippen molar-refractivity contribution in [3.05, 3.63) is 54.0 Å². The summed E-state index contributed by atoms with van der Waals surface area (Å²) >= 11 is 0. The monoisotopic (exact) mass is 366 g/mol. The van der Waals surface area contributed by atoms with E-state index in [2.05, 4.69) is 5.32 Å². The number of benzene rings is 1. The minimum absolute atomic E-state index is 0.0331. The summed E-state index contributed by atoms with van der Waals surface area (Å²) in [5, 5.41) is 4.47. The maximum atomic E-state index is 13.5. The van der Waals surface area contributed by atoms with Crippen LogP contribution in [0, 0.1) is 11.6 Å². The summed E-state index contributed by atoms with van der Waals surface area (Å²) in [6, 6.07) is 6.12. The number of esters is 1. The fraction of sp³-hybridized carbons (Fsp3) is 0.235. The minimum Gasteiger partial charge on any atom is -0.459 e. The molecule has 0 spiro atoms. The van der Waals surface area contributed by atoms with E-state index in [1.165, 1.54) is 19.3 Å². The molecule has 7 nitrogen and oxygen atoms in total. The summed E-state index contributed by atoms with van der Waals surface area (Å²) in [6.07, 6.45) is -0.137. The molecular weight excluding hydrogens is 350 g/mol. The van der Waals surface area contributed by atoms with Crippen LogP contribution >= 0.6 is 0 Å². The molecule has 1 atom stereocenters. The number of hydrogen-bond donors (Lipinski definition) is 2. The summed E-state index contributed by atoms with van der Waals surface area (Å²) in [4.78, 5) is 35.2. The molecule has 0 saturated heterocycles. The molecule has 0 aliphatic heterocycles. The number of ether oxygens (including phenoxy) is 1. The highest BCUT2D eigenvalue weighted by Crippen LogP contribution is 2.18. The van der Waals surface area contributed by atoms with E-state index in [0.29, 0.717) is 0 Å². The number of amides is 2. The van der Waals surface area contributed by atoms with Gasteiger partial charge in [0, 0.05) is 6.54 Å². The van der Waals surface area contributed by atoms with Crippen LogP contribution in [0.15, 0.2) is 41.0 Å². The number of nitrogens with one attached hydrogen (secondary N) is 2. The lowest BCUT2D eigenvalue weighted by atomic mass is 10.2. The minimum atomic E-state index is -1.28. The van der Waals surface area contributed by atoms with Crippen LogP contribution in [0.3, 0.4) is 0 Å². The second-order valence-corrected chi connectivity index (χ2v) is 5.20. The molecular formula is C17H16F2N2O5. The average Bonchev–Trinajstić information content (AvgIpc) is 3.12. The summed E-state index contributed by atoms with van der Waals surface area (Å²) in [6.45, 7) is 1.22. The molecule has 0 aliphatic carbocycles. The first kappa shape index (κ1) is 19.1. The van der Waals surface area contributed by atoms with Gasteiger partial charge in [-0.25, -0.2) is 8.78 Å². The normalized spacial score (nSPS) is 11.5. The van der Waals surface area contributed by atoms with Crippen molar-refractivity contribution in [2.75, 3.05) is 11.9 Å². The largest absolute Gasteiger partial charge is 0.459 e. The Labute approximate surface area is 147 Å². The van der Waals surface area contributed by atoms with Crippen molar-refractivity contribution in [2.45, 2.75) is 19.4 Å². The van der Waals surface area contributed by atoms with Crippen LogP contribution in [0.25, 0.3) is 0 Å². The van der Waals surface area contributed by atoms with Crippen molar-refractivity contribution < 1.29 is 32.3 Å². The molecule has 9 heteroatoms. The highest BCUT2D eigenvalue weighted by molar-refractivity contribution is 5.95. The number of anilines is 1. The molecule has 0 fully saturated rings. The third-order valence-electron chi connectivity index (χ3n) is 3.25. The topological polar surface area (TPSA) is 97.6 Å². The highest BCUT2D eigenvalue weighted by Gasteiger charge is 2.21. The lowest BCUT2D eigenvalue weighted by Crippen LogP contribution is -2.32. The third kappa shape index (κ3) is 5.13. The molecule has 1 unspecified atom stereocenters. The molecule has 2 amide bonds. The van der Waals surface area contributed by atoms with E-state index in [4.69, 9.17) is 9.15 Å². The first-order chi connectivity index (χ1) is 12.4. The number of carbonyl (C=O) groups is 3.